The van der Waals surface area contributed by atoms with Gasteiger partial charge in [0.05, 0.1) is 25.8 Å². The Hall–Kier alpha value is -3.35. The Morgan fingerprint density at radius 1 is 1.07 bits per heavy atom. The van der Waals surface area contributed by atoms with Crippen molar-refractivity contribution in [3.8, 4) is 22.9 Å². The highest BCUT2D eigenvalue weighted by Gasteiger charge is 2.35. The zero-order valence-corrected chi connectivity index (χ0v) is 16.0. The van der Waals surface area contributed by atoms with Crippen molar-refractivity contribution in [3.05, 3.63) is 53.9 Å². The fourth-order valence-corrected chi connectivity index (χ4v) is 3.29. The van der Waals surface area contributed by atoms with E-state index in [-0.39, 0.29) is 11.8 Å². The molecule has 2 aromatic carbocycles. The number of carbonyl (C=O) groups excluding carboxylic acids is 1. The van der Waals surface area contributed by atoms with E-state index in [9.17, 15) is 4.79 Å². The van der Waals surface area contributed by atoms with Crippen molar-refractivity contribution in [1.29, 1.82) is 0 Å². The maximum atomic E-state index is 12.6. The number of aryl methyl sites for hydroxylation is 1. The molecule has 1 aromatic heterocycles. The first-order valence-electron chi connectivity index (χ1n) is 9.01. The molecule has 7 heteroatoms. The summed E-state index contributed by atoms with van der Waals surface area (Å²) < 4.78 is 16.1. The van der Waals surface area contributed by atoms with E-state index in [0.717, 1.165) is 11.3 Å². The molecule has 1 aliphatic heterocycles. The highest BCUT2D eigenvalue weighted by molar-refractivity contribution is 5.96. The maximum absolute atomic E-state index is 12.6. The van der Waals surface area contributed by atoms with Gasteiger partial charge in [0.2, 0.25) is 17.6 Å². The molecular formula is C21H21N3O4. The number of anilines is 1. The highest BCUT2D eigenvalue weighted by atomic mass is 16.5. The van der Waals surface area contributed by atoms with Crippen molar-refractivity contribution in [2.45, 2.75) is 19.3 Å². The quantitative estimate of drug-likeness (QED) is 0.674. The van der Waals surface area contributed by atoms with E-state index in [4.69, 9.17) is 14.0 Å². The normalized spacial score (nSPS) is 16.5. The van der Waals surface area contributed by atoms with Crippen LogP contribution in [-0.4, -0.2) is 36.8 Å². The van der Waals surface area contributed by atoms with Crippen LogP contribution >= 0.6 is 0 Å². The number of ether oxygens (including phenoxy) is 2. The van der Waals surface area contributed by atoms with E-state index in [1.165, 1.54) is 5.56 Å². The van der Waals surface area contributed by atoms with E-state index in [0.29, 0.717) is 36.2 Å². The van der Waals surface area contributed by atoms with Crippen LogP contribution in [0.5, 0.6) is 11.5 Å². The van der Waals surface area contributed by atoms with Gasteiger partial charge in [0.15, 0.2) is 0 Å². The Bertz CT molecular complexity index is 975. The smallest absolute Gasteiger partial charge is 0.232 e. The summed E-state index contributed by atoms with van der Waals surface area (Å²) in [6, 6.07) is 13.3. The van der Waals surface area contributed by atoms with Crippen molar-refractivity contribution in [1.82, 2.24) is 10.1 Å². The third-order valence-electron chi connectivity index (χ3n) is 4.87. The van der Waals surface area contributed by atoms with Gasteiger partial charge >= 0.3 is 0 Å². The van der Waals surface area contributed by atoms with Gasteiger partial charge in [-0.3, -0.25) is 4.79 Å². The second-order valence-electron chi connectivity index (χ2n) is 6.80. The summed E-state index contributed by atoms with van der Waals surface area (Å²) >= 11 is 0. The molecule has 1 atom stereocenters. The Labute approximate surface area is 162 Å². The first-order chi connectivity index (χ1) is 13.6. The van der Waals surface area contributed by atoms with Crippen molar-refractivity contribution in [3.63, 3.8) is 0 Å². The third-order valence-corrected chi connectivity index (χ3v) is 4.87. The molecule has 0 bridgehead atoms. The van der Waals surface area contributed by atoms with Crippen LogP contribution in [0.25, 0.3) is 11.4 Å². The molecule has 0 aliphatic carbocycles. The molecule has 1 unspecified atom stereocenters. The lowest BCUT2D eigenvalue weighted by atomic mass is 10.1. The average Bonchev–Trinajstić information content (AvgIpc) is 3.35. The van der Waals surface area contributed by atoms with Crippen LogP contribution < -0.4 is 14.4 Å². The van der Waals surface area contributed by atoms with E-state index in [1.54, 1.807) is 25.2 Å². The number of hydrogen-bond acceptors (Lipinski definition) is 6. The lowest BCUT2D eigenvalue weighted by Gasteiger charge is -2.18. The molecule has 1 aliphatic rings. The predicted molar refractivity (Wildman–Crippen MR) is 104 cm³/mol. The average molecular weight is 379 g/mol. The lowest BCUT2D eigenvalue weighted by Crippen LogP contribution is -2.24. The van der Waals surface area contributed by atoms with Gasteiger partial charge in [0.1, 0.15) is 11.5 Å². The Morgan fingerprint density at radius 3 is 2.39 bits per heavy atom. The number of rotatable bonds is 5. The van der Waals surface area contributed by atoms with Crippen molar-refractivity contribution >= 4 is 11.6 Å². The number of amides is 1. The SMILES string of the molecule is COc1cc(OC)cc(N2CC(c3nc(-c4ccc(C)cc4)no3)CC2=O)c1. The summed E-state index contributed by atoms with van der Waals surface area (Å²) in [4.78, 5) is 18.8. The maximum Gasteiger partial charge on any atom is 0.232 e. The molecule has 0 spiro atoms. The first-order valence-corrected chi connectivity index (χ1v) is 9.01. The summed E-state index contributed by atoms with van der Waals surface area (Å²) in [6.45, 7) is 2.49. The summed E-state index contributed by atoms with van der Waals surface area (Å²) in [5.41, 5.74) is 2.78. The minimum atomic E-state index is -0.156. The summed E-state index contributed by atoms with van der Waals surface area (Å²) in [5.74, 6) is 2.10. The molecule has 0 N–H and O–H groups in total. The molecular weight excluding hydrogens is 358 g/mol. The van der Waals surface area contributed by atoms with Crippen LogP contribution in [0, 0.1) is 6.92 Å². The highest BCUT2D eigenvalue weighted by Crippen LogP contribution is 2.35. The van der Waals surface area contributed by atoms with Crippen molar-refractivity contribution in [2.24, 2.45) is 0 Å². The first kappa shape index (κ1) is 18.0. The summed E-state index contributed by atoms with van der Waals surface area (Å²) in [7, 11) is 3.16. The van der Waals surface area contributed by atoms with Gasteiger partial charge in [0, 0.05) is 36.7 Å². The molecule has 1 fully saturated rings. The fourth-order valence-electron chi connectivity index (χ4n) is 3.29. The fraction of sp³-hybridized carbons (Fsp3) is 0.286. The van der Waals surface area contributed by atoms with E-state index >= 15 is 0 Å². The molecule has 2 heterocycles. The number of benzene rings is 2. The largest absolute Gasteiger partial charge is 0.497 e. The Kier molecular flexibility index (Phi) is 4.73. The third kappa shape index (κ3) is 3.43. The summed E-state index contributed by atoms with van der Waals surface area (Å²) in [5, 5.41) is 4.08. The number of aromatic nitrogens is 2. The lowest BCUT2D eigenvalue weighted by molar-refractivity contribution is -0.117. The van der Waals surface area contributed by atoms with Crippen LogP contribution in [0.4, 0.5) is 5.69 Å². The molecule has 1 saturated heterocycles. The van der Waals surface area contributed by atoms with Crippen LogP contribution in [0.15, 0.2) is 47.0 Å². The molecule has 0 saturated carbocycles. The second kappa shape index (κ2) is 7.34. The zero-order chi connectivity index (χ0) is 19.7. The van der Waals surface area contributed by atoms with Gasteiger partial charge in [-0.2, -0.15) is 4.98 Å². The van der Waals surface area contributed by atoms with Crippen LogP contribution in [0.3, 0.4) is 0 Å². The number of methoxy groups -OCH3 is 2. The van der Waals surface area contributed by atoms with Crippen molar-refractivity contribution in [2.75, 3.05) is 25.7 Å². The van der Waals surface area contributed by atoms with E-state index in [1.807, 2.05) is 43.3 Å². The molecule has 3 aromatic rings. The van der Waals surface area contributed by atoms with Gasteiger partial charge < -0.3 is 18.9 Å². The minimum Gasteiger partial charge on any atom is -0.497 e. The minimum absolute atomic E-state index is 0.00427. The van der Waals surface area contributed by atoms with Gasteiger partial charge in [-0.05, 0) is 6.92 Å². The van der Waals surface area contributed by atoms with Gasteiger partial charge in [0.25, 0.3) is 0 Å². The van der Waals surface area contributed by atoms with Gasteiger partial charge in [-0.1, -0.05) is 35.0 Å². The molecule has 1 amide bonds. The van der Waals surface area contributed by atoms with Gasteiger partial charge in [-0.15, -0.1) is 0 Å². The van der Waals surface area contributed by atoms with E-state index in [2.05, 4.69) is 10.1 Å². The van der Waals surface area contributed by atoms with Crippen molar-refractivity contribution < 1.29 is 18.8 Å². The monoisotopic (exact) mass is 379 g/mol. The Morgan fingerprint density at radius 2 is 1.75 bits per heavy atom. The Balaban J connectivity index is 1.56. The number of nitrogens with zero attached hydrogens (tertiary/aromatic N) is 3. The molecule has 144 valence electrons. The standard InChI is InChI=1S/C21H21N3O4/c1-13-4-6-14(7-5-13)20-22-21(28-23-20)15-8-19(25)24(12-15)16-9-17(26-2)11-18(10-16)27-3/h4-7,9-11,15H,8,12H2,1-3H3. The second-order valence-corrected chi connectivity index (χ2v) is 6.80. The van der Waals surface area contributed by atoms with Gasteiger partial charge in [-0.25, -0.2) is 0 Å². The molecule has 0 radical (unpaired) electrons. The van der Waals surface area contributed by atoms with Crippen LogP contribution in [0.2, 0.25) is 0 Å². The van der Waals surface area contributed by atoms with Crippen LogP contribution in [-0.2, 0) is 4.79 Å². The molecule has 4 rings (SSSR count). The van der Waals surface area contributed by atoms with E-state index < -0.39 is 0 Å². The zero-order valence-electron chi connectivity index (χ0n) is 16.0. The van der Waals surface area contributed by atoms with Crippen LogP contribution in [0.1, 0.15) is 23.8 Å². The molecule has 28 heavy (non-hydrogen) atoms. The predicted octanol–water partition coefficient (Wildman–Crippen LogP) is 3.58. The number of carbonyl (C=O) groups is 1. The topological polar surface area (TPSA) is 77.7 Å². The summed E-state index contributed by atoms with van der Waals surface area (Å²) in [6.07, 6.45) is 0.315. The molecule has 7 nitrogen and oxygen atoms in total. The number of hydrogen-bond donors (Lipinski definition) is 0.